The molecule has 1 aromatic rings. The highest BCUT2D eigenvalue weighted by Crippen LogP contribution is 2.39. The molecule has 1 aromatic carbocycles. The maximum absolute atomic E-state index is 9.89. The monoisotopic (exact) mass is 332 g/mol. The third-order valence-electron chi connectivity index (χ3n) is 5.90. The molecular weight excluding hydrogens is 300 g/mol. The highest BCUT2D eigenvalue weighted by Gasteiger charge is 2.33. The second-order valence-corrected chi connectivity index (χ2v) is 7.51. The Kier molecular flexibility index (Phi) is 6.14. The molecular formula is C20H32N2O2. The van der Waals surface area contributed by atoms with Crippen LogP contribution in [0.2, 0.25) is 0 Å². The minimum atomic E-state index is 0.381. The lowest BCUT2D eigenvalue weighted by Crippen LogP contribution is -2.43. The molecule has 3 atom stereocenters. The van der Waals surface area contributed by atoms with Crippen LogP contribution in [0.25, 0.3) is 0 Å². The van der Waals surface area contributed by atoms with Gasteiger partial charge in [0, 0.05) is 19.1 Å². The summed E-state index contributed by atoms with van der Waals surface area (Å²) in [5.74, 6) is 1.72. The largest absolute Gasteiger partial charge is 0.508 e. The summed E-state index contributed by atoms with van der Waals surface area (Å²) in [6.45, 7) is 12.1. The van der Waals surface area contributed by atoms with E-state index >= 15 is 0 Å². The fourth-order valence-corrected chi connectivity index (χ4v) is 4.21. The van der Waals surface area contributed by atoms with Crippen LogP contribution in [0, 0.1) is 11.8 Å². The summed E-state index contributed by atoms with van der Waals surface area (Å²) in [6, 6.07) is 8.29. The van der Waals surface area contributed by atoms with Crippen molar-refractivity contribution in [1.82, 2.24) is 9.80 Å². The molecule has 0 amide bonds. The van der Waals surface area contributed by atoms with Gasteiger partial charge in [-0.15, -0.1) is 0 Å². The molecule has 0 saturated carbocycles. The zero-order valence-corrected chi connectivity index (χ0v) is 15.2. The number of hydrogen-bond donors (Lipinski definition) is 1. The van der Waals surface area contributed by atoms with Gasteiger partial charge >= 0.3 is 0 Å². The Hall–Kier alpha value is -1.10. The van der Waals surface area contributed by atoms with Crippen LogP contribution in [0.3, 0.4) is 0 Å². The Morgan fingerprint density at radius 2 is 1.92 bits per heavy atom. The van der Waals surface area contributed by atoms with Crippen molar-refractivity contribution in [2.24, 2.45) is 11.8 Å². The minimum absolute atomic E-state index is 0.381. The van der Waals surface area contributed by atoms with Crippen LogP contribution in [0.5, 0.6) is 5.75 Å². The molecule has 0 radical (unpaired) electrons. The van der Waals surface area contributed by atoms with Crippen LogP contribution in [0.1, 0.15) is 38.3 Å². The molecule has 0 bridgehead atoms. The van der Waals surface area contributed by atoms with Gasteiger partial charge in [-0.3, -0.25) is 9.80 Å². The summed E-state index contributed by atoms with van der Waals surface area (Å²) >= 11 is 0. The number of aromatic hydroxyl groups is 1. The van der Waals surface area contributed by atoms with Gasteiger partial charge in [0.25, 0.3) is 0 Å². The van der Waals surface area contributed by atoms with Gasteiger partial charge in [-0.1, -0.05) is 26.0 Å². The number of rotatable bonds is 5. The highest BCUT2D eigenvalue weighted by atomic mass is 16.5. The lowest BCUT2D eigenvalue weighted by Gasteiger charge is -2.44. The molecule has 2 aliphatic heterocycles. The van der Waals surface area contributed by atoms with Gasteiger partial charge in [0.2, 0.25) is 0 Å². The van der Waals surface area contributed by atoms with Gasteiger partial charge in [-0.2, -0.15) is 0 Å². The van der Waals surface area contributed by atoms with Crippen LogP contribution in [0.15, 0.2) is 24.3 Å². The first-order valence-electron chi connectivity index (χ1n) is 9.48. The topological polar surface area (TPSA) is 35.9 Å². The number of phenolic OH excluding ortho intramolecular Hbond substituents is 1. The Bertz CT molecular complexity index is 516. The van der Waals surface area contributed by atoms with Crippen molar-refractivity contribution in [2.45, 2.75) is 32.7 Å². The van der Waals surface area contributed by atoms with Crippen LogP contribution in [-0.4, -0.2) is 60.8 Å². The van der Waals surface area contributed by atoms with E-state index in [1.807, 2.05) is 12.1 Å². The van der Waals surface area contributed by atoms with E-state index in [4.69, 9.17) is 4.74 Å². The van der Waals surface area contributed by atoms with E-state index in [1.165, 1.54) is 18.4 Å². The van der Waals surface area contributed by atoms with E-state index in [1.54, 1.807) is 6.07 Å². The van der Waals surface area contributed by atoms with E-state index in [2.05, 4.69) is 29.7 Å². The minimum Gasteiger partial charge on any atom is -0.508 e. The van der Waals surface area contributed by atoms with Gasteiger partial charge in [0.05, 0.1) is 13.2 Å². The van der Waals surface area contributed by atoms with Gasteiger partial charge in [0.15, 0.2) is 0 Å². The molecule has 2 heterocycles. The van der Waals surface area contributed by atoms with Crippen LogP contribution < -0.4 is 0 Å². The third-order valence-corrected chi connectivity index (χ3v) is 5.90. The summed E-state index contributed by atoms with van der Waals surface area (Å²) in [6.07, 6.45) is 2.48. The quantitative estimate of drug-likeness (QED) is 0.899. The van der Waals surface area contributed by atoms with Gasteiger partial charge in [-0.25, -0.2) is 0 Å². The molecule has 24 heavy (non-hydrogen) atoms. The zero-order valence-electron chi connectivity index (χ0n) is 15.2. The fourth-order valence-electron chi connectivity index (χ4n) is 4.21. The highest BCUT2D eigenvalue weighted by molar-refractivity contribution is 5.30. The molecule has 4 nitrogen and oxygen atoms in total. The van der Waals surface area contributed by atoms with Crippen molar-refractivity contribution in [2.75, 3.05) is 45.9 Å². The predicted octanol–water partition coefficient (Wildman–Crippen LogP) is 3.13. The lowest BCUT2D eigenvalue weighted by atomic mass is 9.79. The maximum atomic E-state index is 9.89. The number of nitrogens with zero attached hydrogens (tertiary/aromatic N) is 2. The summed E-state index contributed by atoms with van der Waals surface area (Å²) in [4.78, 5) is 5.16. The van der Waals surface area contributed by atoms with Crippen molar-refractivity contribution >= 4 is 0 Å². The SMILES string of the molecule is C[C@H]1CCN(CCCN2CCOCC2)C(c2cccc(O)c2)[C@@H]1C. The molecule has 1 unspecified atom stereocenters. The number of likely N-dealkylation sites (tertiary alicyclic amines) is 1. The predicted molar refractivity (Wildman–Crippen MR) is 97.2 cm³/mol. The summed E-state index contributed by atoms with van der Waals surface area (Å²) in [5, 5.41) is 9.89. The molecule has 0 aliphatic carbocycles. The second-order valence-electron chi connectivity index (χ2n) is 7.51. The third kappa shape index (κ3) is 4.29. The van der Waals surface area contributed by atoms with Crippen molar-refractivity contribution in [3.63, 3.8) is 0 Å². The fraction of sp³-hybridized carbons (Fsp3) is 0.700. The lowest BCUT2D eigenvalue weighted by molar-refractivity contribution is 0.0292. The summed E-state index contributed by atoms with van der Waals surface area (Å²) < 4.78 is 5.43. The molecule has 134 valence electrons. The standard InChI is InChI=1S/C20H32N2O2/c1-16-7-10-22(9-4-8-21-11-13-24-14-12-21)20(17(16)2)18-5-3-6-19(23)15-18/h3,5-6,15-17,20,23H,4,7-14H2,1-2H3/t16-,17+,20?/m0/s1. The first-order valence-corrected chi connectivity index (χ1v) is 9.48. The summed E-state index contributed by atoms with van der Waals surface area (Å²) in [7, 11) is 0. The van der Waals surface area contributed by atoms with Gasteiger partial charge < -0.3 is 9.84 Å². The maximum Gasteiger partial charge on any atom is 0.115 e. The molecule has 3 rings (SSSR count). The Balaban J connectivity index is 1.63. The molecule has 0 aromatic heterocycles. The number of hydrogen-bond acceptors (Lipinski definition) is 4. The van der Waals surface area contributed by atoms with Crippen molar-refractivity contribution in [3.05, 3.63) is 29.8 Å². The Labute approximate surface area is 146 Å². The smallest absolute Gasteiger partial charge is 0.115 e. The number of morpholine rings is 1. The normalized spacial score (nSPS) is 29.7. The zero-order chi connectivity index (χ0) is 16.9. The number of ether oxygens (including phenoxy) is 1. The molecule has 2 saturated heterocycles. The molecule has 4 heteroatoms. The average molecular weight is 332 g/mol. The first kappa shape index (κ1) is 17.7. The van der Waals surface area contributed by atoms with Crippen LogP contribution >= 0.6 is 0 Å². The van der Waals surface area contributed by atoms with Crippen molar-refractivity contribution in [3.8, 4) is 5.75 Å². The van der Waals surface area contributed by atoms with Gasteiger partial charge in [-0.05, 0) is 62.0 Å². The van der Waals surface area contributed by atoms with Crippen molar-refractivity contribution in [1.29, 1.82) is 0 Å². The summed E-state index contributed by atoms with van der Waals surface area (Å²) in [5.41, 5.74) is 1.26. The van der Waals surface area contributed by atoms with Crippen LogP contribution in [0.4, 0.5) is 0 Å². The molecule has 0 spiro atoms. The van der Waals surface area contributed by atoms with E-state index in [9.17, 15) is 5.11 Å². The Morgan fingerprint density at radius 3 is 2.67 bits per heavy atom. The van der Waals surface area contributed by atoms with Gasteiger partial charge in [0.1, 0.15) is 5.75 Å². The Morgan fingerprint density at radius 1 is 1.12 bits per heavy atom. The van der Waals surface area contributed by atoms with E-state index in [0.717, 1.165) is 51.9 Å². The van der Waals surface area contributed by atoms with E-state index in [0.29, 0.717) is 17.7 Å². The van der Waals surface area contributed by atoms with E-state index < -0.39 is 0 Å². The molecule has 1 N–H and O–H groups in total. The average Bonchev–Trinajstić information content (AvgIpc) is 2.59. The molecule has 2 aliphatic rings. The molecule has 2 fully saturated rings. The number of phenols is 1. The second kappa shape index (κ2) is 8.32. The number of benzene rings is 1. The number of piperidine rings is 1. The van der Waals surface area contributed by atoms with E-state index in [-0.39, 0.29) is 0 Å². The first-order chi connectivity index (χ1) is 11.6. The van der Waals surface area contributed by atoms with Crippen LogP contribution in [-0.2, 0) is 4.74 Å². The van der Waals surface area contributed by atoms with Crippen molar-refractivity contribution < 1.29 is 9.84 Å².